The van der Waals surface area contributed by atoms with Gasteiger partial charge in [0.1, 0.15) is 17.9 Å². The van der Waals surface area contributed by atoms with Crippen LogP contribution in [0.15, 0.2) is 18.5 Å². The van der Waals surface area contributed by atoms with Crippen molar-refractivity contribution in [2.24, 2.45) is 11.7 Å². The Bertz CT molecular complexity index is 1020. The molecule has 5 N–H and O–H groups in total. The molecule has 0 radical (unpaired) electrons. The molecule has 0 spiro atoms. The molecule has 7 nitrogen and oxygen atoms in total. The monoisotopic (exact) mass is 434 g/mol. The molecule has 1 unspecified atom stereocenters. The molecule has 7 heteroatoms. The number of aromatic nitrogens is 2. The molecule has 2 heterocycles. The van der Waals surface area contributed by atoms with Crippen LogP contribution < -0.4 is 16.4 Å². The average Bonchev–Trinajstić information content (AvgIpc) is 3.23. The third-order valence-electron chi connectivity index (χ3n) is 7.03. The highest BCUT2D eigenvalue weighted by atomic mass is 16.3. The normalized spacial score (nSPS) is 21.7. The Morgan fingerprint density at radius 1 is 1.16 bits per heavy atom. The van der Waals surface area contributed by atoms with Crippen LogP contribution in [0.3, 0.4) is 0 Å². The number of fused-ring (bicyclic) bond motifs is 3. The molecule has 32 heavy (non-hydrogen) atoms. The van der Waals surface area contributed by atoms with E-state index in [1.54, 1.807) is 6.07 Å². The summed E-state index contributed by atoms with van der Waals surface area (Å²) in [4.78, 5) is 10.8. The minimum absolute atomic E-state index is 0.0112. The lowest BCUT2D eigenvalue weighted by Gasteiger charge is -2.36. The number of phenolic OH excluding ortho intramolecular Hbond substituents is 1. The topological polar surface area (TPSA) is 125 Å². The second-order valence-electron chi connectivity index (χ2n) is 9.96. The Kier molecular flexibility index (Phi) is 6.25. The van der Waals surface area contributed by atoms with Gasteiger partial charge in [-0.05, 0) is 48.8 Å². The Balaban J connectivity index is 0.000000300. The van der Waals surface area contributed by atoms with Crippen LogP contribution in [0.1, 0.15) is 63.5 Å². The van der Waals surface area contributed by atoms with Crippen LogP contribution in [0.4, 0.5) is 11.5 Å². The van der Waals surface area contributed by atoms with E-state index in [0.717, 1.165) is 47.5 Å². The second-order valence-corrected chi connectivity index (χ2v) is 9.96. The number of phenols is 1. The van der Waals surface area contributed by atoms with Gasteiger partial charge in [0, 0.05) is 30.3 Å². The number of hydrogen-bond acceptors (Lipinski definition) is 7. The van der Waals surface area contributed by atoms with E-state index in [0.29, 0.717) is 18.4 Å². The van der Waals surface area contributed by atoms with Crippen molar-refractivity contribution in [2.75, 3.05) is 23.7 Å². The zero-order valence-corrected chi connectivity index (χ0v) is 19.1. The van der Waals surface area contributed by atoms with Gasteiger partial charge in [0.15, 0.2) is 0 Å². The van der Waals surface area contributed by atoms with Crippen molar-refractivity contribution < 1.29 is 5.11 Å². The van der Waals surface area contributed by atoms with E-state index in [-0.39, 0.29) is 17.1 Å². The van der Waals surface area contributed by atoms with Gasteiger partial charge in [0.25, 0.3) is 0 Å². The lowest BCUT2D eigenvalue weighted by atomic mass is 9.71. The standard InChI is InChI=1S/C19H21N5O.C6H13N/c1-19(2)7-13-12(16-15(19)18(21)23-10-22-16)3-4-14(25)17(13)24-6-5-11(8-20)9-24;7-6-4-2-1-3-5-6/h3-4,10-11,25H,5-7,9H2,1-2H3,(H2,21,22,23);6H,1-5,7H2. The number of nitrogen functional groups attached to an aromatic ring is 1. The molecular weight excluding hydrogens is 400 g/mol. The Labute approximate surface area is 190 Å². The number of benzene rings is 1. The van der Waals surface area contributed by atoms with Crippen LogP contribution in [-0.2, 0) is 11.8 Å². The molecule has 170 valence electrons. The van der Waals surface area contributed by atoms with Crippen LogP contribution in [0, 0.1) is 17.2 Å². The van der Waals surface area contributed by atoms with Crippen molar-refractivity contribution in [3.63, 3.8) is 0 Å². The summed E-state index contributed by atoms with van der Waals surface area (Å²) in [5.41, 5.74) is 16.3. The van der Waals surface area contributed by atoms with Gasteiger partial charge in [0.2, 0.25) is 0 Å². The number of hydrogen-bond donors (Lipinski definition) is 3. The predicted molar refractivity (Wildman–Crippen MR) is 127 cm³/mol. The van der Waals surface area contributed by atoms with Crippen molar-refractivity contribution >= 4 is 11.5 Å². The van der Waals surface area contributed by atoms with Crippen molar-refractivity contribution in [3.05, 3.63) is 29.6 Å². The zero-order chi connectivity index (χ0) is 22.9. The summed E-state index contributed by atoms with van der Waals surface area (Å²) in [6, 6.07) is 6.50. The fourth-order valence-corrected chi connectivity index (χ4v) is 5.38. The summed E-state index contributed by atoms with van der Waals surface area (Å²) in [5, 5.41) is 19.8. The van der Waals surface area contributed by atoms with Crippen molar-refractivity contribution in [2.45, 2.75) is 70.3 Å². The van der Waals surface area contributed by atoms with E-state index in [1.807, 2.05) is 6.07 Å². The molecule has 1 saturated heterocycles. The van der Waals surface area contributed by atoms with Gasteiger partial charge in [-0.25, -0.2) is 9.97 Å². The minimum Gasteiger partial charge on any atom is -0.506 e. The Hall–Kier alpha value is -2.85. The van der Waals surface area contributed by atoms with E-state index < -0.39 is 0 Å². The lowest BCUT2D eigenvalue weighted by Crippen LogP contribution is -2.30. The molecule has 0 amide bonds. The van der Waals surface area contributed by atoms with Crippen LogP contribution in [0.5, 0.6) is 5.75 Å². The quantitative estimate of drug-likeness (QED) is 0.621. The number of nitrogens with two attached hydrogens (primary N) is 2. The fourth-order valence-electron chi connectivity index (χ4n) is 5.38. The number of aromatic hydroxyl groups is 1. The zero-order valence-electron chi connectivity index (χ0n) is 19.1. The van der Waals surface area contributed by atoms with Crippen molar-refractivity contribution in [3.8, 4) is 23.1 Å². The summed E-state index contributed by atoms with van der Waals surface area (Å²) in [7, 11) is 0. The second kappa shape index (κ2) is 8.95. The van der Waals surface area contributed by atoms with Gasteiger partial charge in [-0.3, -0.25) is 0 Å². The summed E-state index contributed by atoms with van der Waals surface area (Å²) in [5.74, 6) is 0.789. The molecule has 3 aliphatic rings. The third kappa shape index (κ3) is 4.24. The predicted octanol–water partition coefficient (Wildman–Crippen LogP) is 3.89. The largest absolute Gasteiger partial charge is 0.506 e. The molecular formula is C25H34N6O. The number of nitriles is 1. The van der Waals surface area contributed by atoms with Crippen molar-refractivity contribution in [1.29, 1.82) is 5.26 Å². The molecule has 2 aliphatic carbocycles. The highest BCUT2D eigenvalue weighted by molar-refractivity contribution is 5.83. The average molecular weight is 435 g/mol. The van der Waals surface area contributed by atoms with Crippen LogP contribution in [0.25, 0.3) is 11.3 Å². The number of rotatable bonds is 1. The molecule has 0 bridgehead atoms. The molecule has 1 aromatic heterocycles. The molecule has 2 aromatic rings. The van der Waals surface area contributed by atoms with Gasteiger partial charge in [0.05, 0.1) is 23.4 Å². The highest BCUT2D eigenvalue weighted by Crippen LogP contribution is 2.49. The molecule has 1 aliphatic heterocycles. The van der Waals surface area contributed by atoms with Gasteiger partial charge < -0.3 is 21.5 Å². The van der Waals surface area contributed by atoms with Gasteiger partial charge in [-0.2, -0.15) is 5.26 Å². The van der Waals surface area contributed by atoms with E-state index in [4.69, 9.17) is 11.5 Å². The maximum absolute atomic E-state index is 10.6. The Morgan fingerprint density at radius 3 is 2.53 bits per heavy atom. The molecule has 1 saturated carbocycles. The summed E-state index contributed by atoms with van der Waals surface area (Å²) in [6.45, 7) is 5.69. The first-order valence-electron chi connectivity index (χ1n) is 11.7. The first-order valence-corrected chi connectivity index (χ1v) is 11.7. The van der Waals surface area contributed by atoms with Crippen molar-refractivity contribution in [1.82, 2.24) is 9.97 Å². The maximum atomic E-state index is 10.6. The third-order valence-corrected chi connectivity index (χ3v) is 7.03. The Morgan fingerprint density at radius 2 is 1.91 bits per heavy atom. The molecule has 5 rings (SSSR count). The molecule has 1 aromatic carbocycles. The number of nitrogens with zero attached hydrogens (tertiary/aromatic N) is 4. The maximum Gasteiger partial charge on any atom is 0.139 e. The smallest absolute Gasteiger partial charge is 0.139 e. The molecule has 1 atom stereocenters. The van der Waals surface area contributed by atoms with Crippen LogP contribution >= 0.6 is 0 Å². The first kappa shape index (κ1) is 22.3. The minimum atomic E-state index is -0.232. The molecule has 2 fully saturated rings. The van der Waals surface area contributed by atoms with Gasteiger partial charge in [-0.1, -0.05) is 33.1 Å². The van der Waals surface area contributed by atoms with Crippen LogP contribution in [-0.4, -0.2) is 34.2 Å². The van der Waals surface area contributed by atoms with Gasteiger partial charge in [-0.15, -0.1) is 0 Å². The fraction of sp³-hybridized carbons (Fsp3) is 0.560. The van der Waals surface area contributed by atoms with Gasteiger partial charge >= 0.3 is 0 Å². The SMILES string of the molecule is CC1(C)Cc2c(ccc(O)c2N2CCC(C#N)C2)-c2ncnc(N)c21.NC1CCCCC1. The van der Waals surface area contributed by atoms with E-state index in [9.17, 15) is 10.4 Å². The summed E-state index contributed by atoms with van der Waals surface area (Å²) in [6.07, 6.45) is 9.72. The highest BCUT2D eigenvalue weighted by Gasteiger charge is 2.38. The summed E-state index contributed by atoms with van der Waals surface area (Å²) < 4.78 is 0. The van der Waals surface area contributed by atoms with E-state index in [2.05, 4.69) is 34.8 Å². The number of anilines is 2. The first-order chi connectivity index (χ1) is 15.3. The lowest BCUT2D eigenvalue weighted by molar-refractivity contribution is 0.441. The van der Waals surface area contributed by atoms with E-state index >= 15 is 0 Å². The summed E-state index contributed by atoms with van der Waals surface area (Å²) >= 11 is 0. The van der Waals surface area contributed by atoms with Crippen LogP contribution in [0.2, 0.25) is 0 Å². The van der Waals surface area contributed by atoms with E-state index in [1.165, 1.54) is 38.4 Å².